The predicted octanol–water partition coefficient (Wildman–Crippen LogP) is 3.83. The van der Waals surface area contributed by atoms with Crippen molar-refractivity contribution in [2.24, 2.45) is 5.73 Å². The van der Waals surface area contributed by atoms with Crippen molar-refractivity contribution in [3.05, 3.63) is 59.4 Å². The fourth-order valence-corrected chi connectivity index (χ4v) is 1.95. The van der Waals surface area contributed by atoms with E-state index in [2.05, 4.69) is 0 Å². The van der Waals surface area contributed by atoms with E-state index < -0.39 is 5.82 Å². The Hall–Kier alpha value is -1.91. The quantitative estimate of drug-likeness (QED) is 0.879. The second-order valence-electron chi connectivity index (χ2n) is 4.97. The van der Waals surface area contributed by atoms with Crippen molar-refractivity contribution in [3.8, 4) is 11.5 Å². The minimum absolute atomic E-state index is 0.198. The summed E-state index contributed by atoms with van der Waals surface area (Å²) >= 11 is 0. The van der Waals surface area contributed by atoms with E-state index >= 15 is 0 Å². The lowest BCUT2D eigenvalue weighted by molar-refractivity contribution is 0.202. The number of ether oxygens (including phenoxy) is 2. The summed E-state index contributed by atoms with van der Waals surface area (Å²) in [6.45, 7) is 2.49. The minimum atomic E-state index is -0.409. The van der Waals surface area contributed by atoms with Crippen LogP contribution < -0.4 is 10.5 Å². The molecule has 0 amide bonds. The highest BCUT2D eigenvalue weighted by Gasteiger charge is 2.08. The van der Waals surface area contributed by atoms with Gasteiger partial charge in [0, 0.05) is 13.2 Å². The van der Waals surface area contributed by atoms with Crippen LogP contribution in [-0.2, 0) is 11.2 Å². The Morgan fingerprint density at radius 2 is 1.86 bits per heavy atom. The smallest absolute Gasteiger partial charge is 0.166 e. The highest BCUT2D eigenvalue weighted by molar-refractivity contribution is 5.36. The van der Waals surface area contributed by atoms with Crippen molar-refractivity contribution in [3.63, 3.8) is 0 Å². The molecule has 0 aliphatic carbocycles. The number of hydrogen-bond acceptors (Lipinski definition) is 3. The first-order valence-electron chi connectivity index (χ1n) is 6.91. The fraction of sp³-hybridized carbons (Fsp3) is 0.294. The van der Waals surface area contributed by atoms with Crippen LogP contribution >= 0.6 is 0 Å². The number of rotatable bonds is 6. The second kappa shape index (κ2) is 7.20. The molecule has 1 unspecified atom stereocenters. The van der Waals surface area contributed by atoms with Crippen molar-refractivity contribution < 1.29 is 13.9 Å². The lowest BCUT2D eigenvalue weighted by atomic mass is 10.1. The maximum Gasteiger partial charge on any atom is 0.166 e. The van der Waals surface area contributed by atoms with E-state index in [1.165, 1.54) is 6.07 Å². The first-order valence-corrected chi connectivity index (χ1v) is 6.91. The Morgan fingerprint density at radius 3 is 2.43 bits per heavy atom. The maximum atomic E-state index is 13.9. The third kappa shape index (κ3) is 4.28. The molecule has 0 bridgehead atoms. The van der Waals surface area contributed by atoms with Crippen LogP contribution in [0.4, 0.5) is 4.39 Å². The van der Waals surface area contributed by atoms with Crippen LogP contribution in [0.25, 0.3) is 0 Å². The van der Waals surface area contributed by atoms with Gasteiger partial charge in [-0.2, -0.15) is 0 Å². The number of nitrogens with two attached hydrogens (primary N) is 1. The van der Waals surface area contributed by atoms with Crippen LogP contribution in [0.5, 0.6) is 11.5 Å². The number of benzene rings is 2. The summed E-state index contributed by atoms with van der Waals surface area (Å²) in [7, 11) is 1.67. The molecule has 0 aliphatic rings. The van der Waals surface area contributed by atoms with Gasteiger partial charge in [-0.25, -0.2) is 4.39 Å². The molecule has 0 saturated heterocycles. The van der Waals surface area contributed by atoms with E-state index in [-0.39, 0.29) is 11.8 Å². The van der Waals surface area contributed by atoms with Crippen molar-refractivity contribution in [2.75, 3.05) is 13.7 Å². The first kappa shape index (κ1) is 15.5. The Morgan fingerprint density at radius 1 is 1.14 bits per heavy atom. The average molecular weight is 289 g/mol. The SMILES string of the molecule is COCCc1ccc(Oc2ccc(C(C)N)cc2F)cc1. The van der Waals surface area contributed by atoms with Crippen LogP contribution in [-0.4, -0.2) is 13.7 Å². The van der Waals surface area contributed by atoms with Crippen LogP contribution in [0.2, 0.25) is 0 Å². The molecule has 3 nitrogen and oxygen atoms in total. The van der Waals surface area contributed by atoms with Gasteiger partial charge in [-0.05, 0) is 48.7 Å². The van der Waals surface area contributed by atoms with E-state index in [4.69, 9.17) is 15.2 Å². The zero-order valence-electron chi connectivity index (χ0n) is 12.3. The molecule has 0 aromatic heterocycles. The second-order valence-corrected chi connectivity index (χ2v) is 4.97. The zero-order chi connectivity index (χ0) is 15.2. The molecule has 2 aromatic carbocycles. The molecular weight excluding hydrogens is 269 g/mol. The van der Waals surface area contributed by atoms with E-state index in [0.717, 1.165) is 17.5 Å². The van der Waals surface area contributed by atoms with E-state index in [1.54, 1.807) is 19.2 Å². The van der Waals surface area contributed by atoms with Crippen LogP contribution in [0.1, 0.15) is 24.1 Å². The fourth-order valence-electron chi connectivity index (χ4n) is 1.95. The number of methoxy groups -OCH3 is 1. The van der Waals surface area contributed by atoms with Crippen molar-refractivity contribution in [1.82, 2.24) is 0 Å². The molecule has 0 saturated carbocycles. The van der Waals surface area contributed by atoms with Gasteiger partial charge in [-0.1, -0.05) is 18.2 Å². The van der Waals surface area contributed by atoms with E-state index in [0.29, 0.717) is 12.4 Å². The van der Waals surface area contributed by atoms with Gasteiger partial charge in [0.15, 0.2) is 11.6 Å². The van der Waals surface area contributed by atoms with Crippen LogP contribution in [0.15, 0.2) is 42.5 Å². The molecule has 0 spiro atoms. The molecule has 1 atom stereocenters. The van der Waals surface area contributed by atoms with Crippen molar-refractivity contribution in [2.45, 2.75) is 19.4 Å². The zero-order valence-corrected chi connectivity index (χ0v) is 12.3. The molecule has 0 radical (unpaired) electrons. The highest BCUT2D eigenvalue weighted by Crippen LogP contribution is 2.26. The molecule has 21 heavy (non-hydrogen) atoms. The number of halogens is 1. The topological polar surface area (TPSA) is 44.5 Å². The third-order valence-corrected chi connectivity index (χ3v) is 3.23. The Labute approximate surface area is 124 Å². The minimum Gasteiger partial charge on any atom is -0.454 e. The van der Waals surface area contributed by atoms with Gasteiger partial charge in [0.05, 0.1) is 6.61 Å². The Balaban J connectivity index is 2.07. The van der Waals surface area contributed by atoms with Crippen LogP contribution in [0.3, 0.4) is 0 Å². The monoisotopic (exact) mass is 289 g/mol. The Kier molecular flexibility index (Phi) is 5.31. The molecule has 0 aliphatic heterocycles. The molecular formula is C17H20FNO2. The molecule has 0 fully saturated rings. The molecule has 2 N–H and O–H groups in total. The van der Waals surface area contributed by atoms with Gasteiger partial charge >= 0.3 is 0 Å². The summed E-state index contributed by atoms with van der Waals surface area (Å²) in [5.74, 6) is 0.390. The Bertz CT molecular complexity index is 582. The van der Waals surface area contributed by atoms with Gasteiger partial charge in [0.25, 0.3) is 0 Å². The van der Waals surface area contributed by atoms with E-state index in [1.807, 2.05) is 31.2 Å². The maximum absolute atomic E-state index is 13.9. The largest absolute Gasteiger partial charge is 0.454 e. The first-order chi connectivity index (χ1) is 10.1. The molecule has 0 heterocycles. The summed E-state index contributed by atoms with van der Waals surface area (Å²) < 4.78 is 24.5. The third-order valence-electron chi connectivity index (χ3n) is 3.23. The molecule has 4 heteroatoms. The summed E-state index contributed by atoms with van der Waals surface area (Å²) in [5.41, 5.74) is 7.62. The number of hydrogen-bond donors (Lipinski definition) is 1. The molecule has 2 rings (SSSR count). The highest BCUT2D eigenvalue weighted by atomic mass is 19.1. The van der Waals surface area contributed by atoms with Gasteiger partial charge < -0.3 is 15.2 Å². The molecule has 112 valence electrons. The van der Waals surface area contributed by atoms with Gasteiger partial charge in [0.2, 0.25) is 0 Å². The summed E-state index contributed by atoms with van der Waals surface area (Å²) in [6, 6.07) is 12.1. The van der Waals surface area contributed by atoms with Gasteiger partial charge in [-0.3, -0.25) is 0 Å². The summed E-state index contributed by atoms with van der Waals surface area (Å²) in [4.78, 5) is 0. The average Bonchev–Trinajstić information content (AvgIpc) is 2.48. The van der Waals surface area contributed by atoms with Crippen molar-refractivity contribution >= 4 is 0 Å². The normalized spacial score (nSPS) is 12.2. The molecule has 2 aromatic rings. The predicted molar refractivity (Wildman–Crippen MR) is 81.1 cm³/mol. The lowest BCUT2D eigenvalue weighted by Gasteiger charge is -2.10. The lowest BCUT2D eigenvalue weighted by Crippen LogP contribution is -2.05. The van der Waals surface area contributed by atoms with Gasteiger partial charge in [0.1, 0.15) is 5.75 Å². The standard InChI is InChI=1S/C17H20FNO2/c1-12(19)14-5-8-17(16(18)11-14)21-15-6-3-13(4-7-15)9-10-20-2/h3-8,11-12H,9-10,19H2,1-2H3. The summed E-state index contributed by atoms with van der Waals surface area (Å²) in [5, 5.41) is 0. The van der Waals surface area contributed by atoms with Gasteiger partial charge in [-0.15, -0.1) is 0 Å². The van der Waals surface area contributed by atoms with Crippen LogP contribution in [0, 0.1) is 5.82 Å². The van der Waals surface area contributed by atoms with E-state index in [9.17, 15) is 4.39 Å². The summed E-state index contributed by atoms with van der Waals surface area (Å²) in [6.07, 6.45) is 0.841. The van der Waals surface area contributed by atoms with Crippen molar-refractivity contribution in [1.29, 1.82) is 0 Å².